The molecule has 0 aromatic heterocycles. The number of aliphatic hydroxyl groups excluding tert-OH is 1. The van der Waals surface area contributed by atoms with Crippen LogP contribution >= 0.6 is 0 Å². The highest BCUT2D eigenvalue weighted by molar-refractivity contribution is 6.18. The molecule has 2 aliphatic heterocycles. The summed E-state index contributed by atoms with van der Waals surface area (Å²) in [6, 6.07) is 9.55. The molecule has 0 bridgehead atoms. The van der Waals surface area contributed by atoms with Crippen LogP contribution in [0.2, 0.25) is 0 Å². The second-order valence-electron chi connectivity index (χ2n) is 4.93. The Hall–Kier alpha value is -2.99. The van der Waals surface area contributed by atoms with Gasteiger partial charge in [0.05, 0.1) is 16.7 Å². The first-order chi connectivity index (χ1) is 10.6. The van der Waals surface area contributed by atoms with E-state index in [0.717, 1.165) is 0 Å². The molecular weight excluding hydrogens is 288 g/mol. The third kappa shape index (κ3) is 1.55. The number of benzene rings is 2. The fraction of sp³-hybridized carbons (Fsp3) is 0.0625. The zero-order valence-electron chi connectivity index (χ0n) is 11.0. The predicted octanol–water partition coefficient (Wildman–Crippen LogP) is 1.83. The van der Waals surface area contributed by atoms with Gasteiger partial charge in [-0.2, -0.15) is 0 Å². The highest BCUT2D eigenvalue weighted by atomic mass is 16.6. The number of carbonyl (C=O) groups is 3. The van der Waals surface area contributed by atoms with E-state index in [1.54, 1.807) is 30.3 Å². The average Bonchev–Trinajstić information content (AvgIpc) is 2.97. The molecule has 0 aliphatic carbocycles. The van der Waals surface area contributed by atoms with Crippen molar-refractivity contribution in [3.63, 3.8) is 0 Å². The molecule has 2 heterocycles. The maximum Gasteiger partial charge on any atom is 0.347 e. The van der Waals surface area contributed by atoms with Gasteiger partial charge in [-0.1, -0.05) is 30.3 Å². The van der Waals surface area contributed by atoms with Crippen LogP contribution in [0.15, 0.2) is 36.4 Å². The van der Waals surface area contributed by atoms with Crippen LogP contribution in [0.4, 0.5) is 0 Å². The molecular formula is C16H8O6. The number of ether oxygens (including phenoxy) is 2. The lowest BCUT2D eigenvalue weighted by atomic mass is 9.91. The van der Waals surface area contributed by atoms with Crippen molar-refractivity contribution in [2.75, 3.05) is 0 Å². The molecule has 6 heteroatoms. The Morgan fingerprint density at radius 1 is 0.773 bits per heavy atom. The first-order valence-electron chi connectivity index (χ1n) is 6.50. The molecule has 2 aromatic carbocycles. The summed E-state index contributed by atoms with van der Waals surface area (Å²) in [7, 11) is 0. The third-order valence-corrected chi connectivity index (χ3v) is 3.75. The number of carbonyl (C=O) groups excluding carboxylic acids is 3. The standard InChI is InChI=1S/C16H8O6/c17-13-9-5-1-3-7(11(9)15(19)21-13)8-4-2-6-10-12(8)16(20)22-14(10)18/h1-6,13,17H. The van der Waals surface area contributed by atoms with Crippen molar-refractivity contribution < 1.29 is 29.0 Å². The fourth-order valence-electron chi connectivity index (χ4n) is 2.81. The summed E-state index contributed by atoms with van der Waals surface area (Å²) in [4.78, 5) is 35.5. The number of esters is 3. The smallest absolute Gasteiger partial charge is 0.347 e. The van der Waals surface area contributed by atoms with E-state index in [0.29, 0.717) is 16.7 Å². The van der Waals surface area contributed by atoms with Crippen LogP contribution in [0.5, 0.6) is 0 Å². The van der Waals surface area contributed by atoms with Crippen LogP contribution in [-0.2, 0) is 9.47 Å². The molecule has 0 saturated heterocycles. The summed E-state index contributed by atoms with van der Waals surface area (Å²) in [5.41, 5.74) is 1.62. The monoisotopic (exact) mass is 296 g/mol. The van der Waals surface area contributed by atoms with E-state index < -0.39 is 24.2 Å². The Morgan fingerprint density at radius 3 is 2.18 bits per heavy atom. The van der Waals surface area contributed by atoms with E-state index in [1.807, 2.05) is 0 Å². The number of rotatable bonds is 1. The molecule has 1 atom stereocenters. The van der Waals surface area contributed by atoms with E-state index in [2.05, 4.69) is 4.74 Å². The second kappa shape index (κ2) is 4.25. The van der Waals surface area contributed by atoms with Crippen molar-refractivity contribution in [2.45, 2.75) is 6.29 Å². The van der Waals surface area contributed by atoms with Gasteiger partial charge in [0, 0.05) is 5.56 Å². The summed E-state index contributed by atoms with van der Waals surface area (Å²) in [6.07, 6.45) is -1.33. The van der Waals surface area contributed by atoms with Gasteiger partial charge in [0.2, 0.25) is 6.29 Å². The summed E-state index contributed by atoms with van der Waals surface area (Å²) in [6.45, 7) is 0. The highest BCUT2D eigenvalue weighted by Crippen LogP contribution is 2.39. The first kappa shape index (κ1) is 12.7. The van der Waals surface area contributed by atoms with E-state index in [-0.39, 0.29) is 16.7 Å². The quantitative estimate of drug-likeness (QED) is 0.637. The van der Waals surface area contributed by atoms with Crippen molar-refractivity contribution in [3.8, 4) is 11.1 Å². The van der Waals surface area contributed by atoms with Crippen molar-refractivity contribution in [3.05, 3.63) is 58.7 Å². The van der Waals surface area contributed by atoms with Crippen LogP contribution < -0.4 is 0 Å². The molecule has 1 N–H and O–H groups in total. The molecule has 0 spiro atoms. The number of aliphatic hydroxyl groups is 1. The molecule has 108 valence electrons. The Morgan fingerprint density at radius 2 is 1.41 bits per heavy atom. The largest absolute Gasteiger partial charge is 0.428 e. The number of cyclic esters (lactones) is 3. The molecule has 2 aliphatic rings. The van der Waals surface area contributed by atoms with Gasteiger partial charge in [-0.25, -0.2) is 14.4 Å². The Kier molecular flexibility index (Phi) is 2.46. The zero-order chi connectivity index (χ0) is 15.4. The van der Waals surface area contributed by atoms with Gasteiger partial charge < -0.3 is 14.6 Å². The van der Waals surface area contributed by atoms with Gasteiger partial charge >= 0.3 is 17.9 Å². The molecule has 1 unspecified atom stereocenters. The second-order valence-corrected chi connectivity index (χ2v) is 4.93. The van der Waals surface area contributed by atoms with Gasteiger partial charge in [0.25, 0.3) is 0 Å². The SMILES string of the molecule is O=C1OC(=O)c2c1cccc2-c1cccc2c1C(=O)OC2O. The molecule has 4 rings (SSSR count). The molecule has 0 saturated carbocycles. The molecule has 2 aromatic rings. The van der Waals surface area contributed by atoms with Gasteiger partial charge in [0.15, 0.2) is 0 Å². The van der Waals surface area contributed by atoms with Crippen LogP contribution in [-0.4, -0.2) is 23.0 Å². The highest BCUT2D eigenvalue weighted by Gasteiger charge is 2.36. The Bertz CT molecular complexity index is 867. The van der Waals surface area contributed by atoms with Crippen LogP contribution in [0.3, 0.4) is 0 Å². The minimum absolute atomic E-state index is 0.120. The first-order valence-corrected chi connectivity index (χ1v) is 6.50. The molecule has 6 nitrogen and oxygen atoms in total. The molecule has 0 fully saturated rings. The minimum atomic E-state index is -1.33. The van der Waals surface area contributed by atoms with Crippen molar-refractivity contribution in [2.24, 2.45) is 0 Å². The van der Waals surface area contributed by atoms with Crippen LogP contribution in [0.25, 0.3) is 11.1 Å². The summed E-state index contributed by atoms with van der Waals surface area (Å²) < 4.78 is 9.41. The normalized spacial score (nSPS) is 18.8. The Labute approximate surface area is 123 Å². The van der Waals surface area contributed by atoms with E-state index in [9.17, 15) is 19.5 Å². The van der Waals surface area contributed by atoms with Crippen LogP contribution in [0, 0.1) is 0 Å². The maximum atomic E-state index is 12.0. The lowest BCUT2D eigenvalue weighted by Gasteiger charge is -2.08. The molecule has 0 amide bonds. The summed E-state index contributed by atoms with van der Waals surface area (Å²) in [5.74, 6) is -2.13. The third-order valence-electron chi connectivity index (χ3n) is 3.75. The minimum Gasteiger partial charge on any atom is -0.428 e. The average molecular weight is 296 g/mol. The summed E-state index contributed by atoms with van der Waals surface area (Å²) >= 11 is 0. The van der Waals surface area contributed by atoms with E-state index >= 15 is 0 Å². The lowest BCUT2D eigenvalue weighted by Crippen LogP contribution is -2.02. The van der Waals surface area contributed by atoms with Crippen molar-refractivity contribution in [1.82, 2.24) is 0 Å². The van der Waals surface area contributed by atoms with E-state index in [1.165, 1.54) is 6.07 Å². The number of fused-ring (bicyclic) bond motifs is 2. The summed E-state index contributed by atoms with van der Waals surface area (Å²) in [5, 5.41) is 9.72. The topological polar surface area (TPSA) is 89.9 Å². The molecule has 0 radical (unpaired) electrons. The number of hydrogen-bond donors (Lipinski definition) is 1. The van der Waals surface area contributed by atoms with Gasteiger partial charge in [0.1, 0.15) is 0 Å². The molecule has 22 heavy (non-hydrogen) atoms. The Balaban J connectivity index is 2.02. The maximum absolute atomic E-state index is 12.0. The fourth-order valence-corrected chi connectivity index (χ4v) is 2.81. The number of hydrogen-bond acceptors (Lipinski definition) is 6. The van der Waals surface area contributed by atoms with Crippen LogP contribution in [0.1, 0.15) is 42.9 Å². The van der Waals surface area contributed by atoms with Gasteiger partial charge in [-0.15, -0.1) is 0 Å². The lowest BCUT2D eigenvalue weighted by molar-refractivity contribution is -0.0547. The van der Waals surface area contributed by atoms with Gasteiger partial charge in [-0.05, 0) is 17.2 Å². The zero-order valence-corrected chi connectivity index (χ0v) is 11.0. The van der Waals surface area contributed by atoms with Crippen molar-refractivity contribution in [1.29, 1.82) is 0 Å². The van der Waals surface area contributed by atoms with Crippen molar-refractivity contribution >= 4 is 17.9 Å². The van der Waals surface area contributed by atoms with E-state index in [4.69, 9.17) is 4.74 Å². The predicted molar refractivity (Wildman–Crippen MR) is 72.0 cm³/mol. The van der Waals surface area contributed by atoms with Gasteiger partial charge in [-0.3, -0.25) is 0 Å².